The number of hydrogen-bond acceptors (Lipinski definition) is 5. The summed E-state index contributed by atoms with van der Waals surface area (Å²) in [7, 11) is 1.60. The predicted molar refractivity (Wildman–Crippen MR) is 121 cm³/mol. The van der Waals surface area contributed by atoms with Crippen molar-refractivity contribution >= 4 is 45.9 Å². The number of ether oxygens (including phenoxy) is 2. The summed E-state index contributed by atoms with van der Waals surface area (Å²) < 4.78 is 16.7. The van der Waals surface area contributed by atoms with Crippen LogP contribution in [0.2, 0.25) is 10.0 Å². The van der Waals surface area contributed by atoms with Gasteiger partial charge in [-0.25, -0.2) is 4.98 Å². The molecular weight excluding hydrogens is 439 g/mol. The Morgan fingerprint density at radius 1 is 1.10 bits per heavy atom. The van der Waals surface area contributed by atoms with Crippen LogP contribution in [0.3, 0.4) is 0 Å². The number of nitrogens with zero attached hydrogens (tertiary/aromatic N) is 1. The lowest BCUT2D eigenvalue weighted by atomic mass is 10.2. The minimum atomic E-state index is -0.779. The van der Waals surface area contributed by atoms with Crippen LogP contribution in [-0.2, 0) is 4.79 Å². The molecule has 31 heavy (non-hydrogen) atoms. The molecule has 0 bridgehead atoms. The van der Waals surface area contributed by atoms with Gasteiger partial charge in [-0.2, -0.15) is 0 Å². The highest BCUT2D eigenvalue weighted by atomic mass is 35.5. The van der Waals surface area contributed by atoms with E-state index in [0.717, 1.165) is 5.56 Å². The fraction of sp³-hybridized carbons (Fsp3) is 0.130. The number of carbonyl (C=O) groups excluding carboxylic acids is 1. The summed E-state index contributed by atoms with van der Waals surface area (Å²) in [5, 5.41) is 3.64. The highest BCUT2D eigenvalue weighted by Gasteiger charge is 2.17. The predicted octanol–water partition coefficient (Wildman–Crippen LogP) is 6.22. The average Bonchev–Trinajstić information content (AvgIpc) is 3.19. The van der Waals surface area contributed by atoms with Crippen molar-refractivity contribution < 1.29 is 18.7 Å². The van der Waals surface area contributed by atoms with Gasteiger partial charge < -0.3 is 19.2 Å². The normalized spacial score (nSPS) is 11.9. The number of amides is 1. The van der Waals surface area contributed by atoms with Gasteiger partial charge in [0.1, 0.15) is 17.0 Å². The Balaban J connectivity index is 1.49. The van der Waals surface area contributed by atoms with Crippen LogP contribution in [-0.4, -0.2) is 24.1 Å². The molecule has 4 aromatic rings. The zero-order valence-electron chi connectivity index (χ0n) is 16.7. The molecule has 3 aromatic carbocycles. The number of benzene rings is 3. The minimum absolute atomic E-state index is 0.332. The second kappa shape index (κ2) is 8.88. The number of rotatable bonds is 6. The molecule has 1 unspecified atom stereocenters. The molecule has 0 aliphatic rings. The molecule has 0 fully saturated rings. The number of methoxy groups -OCH3 is 1. The molecule has 158 valence electrons. The lowest BCUT2D eigenvalue weighted by Gasteiger charge is -2.15. The van der Waals surface area contributed by atoms with E-state index in [-0.39, 0.29) is 5.91 Å². The maximum absolute atomic E-state index is 12.6. The van der Waals surface area contributed by atoms with Gasteiger partial charge in [0.25, 0.3) is 5.91 Å². The lowest BCUT2D eigenvalue weighted by Crippen LogP contribution is -2.30. The molecule has 1 atom stereocenters. The molecule has 0 radical (unpaired) electrons. The number of nitrogens with one attached hydrogen (secondary N) is 1. The number of fused-ring (bicyclic) bond motifs is 1. The molecule has 6 nitrogen and oxygen atoms in total. The zero-order chi connectivity index (χ0) is 22.0. The monoisotopic (exact) mass is 456 g/mol. The van der Waals surface area contributed by atoms with E-state index in [1.165, 1.54) is 0 Å². The summed E-state index contributed by atoms with van der Waals surface area (Å²) in [6.45, 7) is 1.63. The summed E-state index contributed by atoms with van der Waals surface area (Å²) in [4.78, 5) is 17.1. The Morgan fingerprint density at radius 2 is 1.94 bits per heavy atom. The molecule has 1 amide bonds. The zero-order valence-corrected chi connectivity index (χ0v) is 18.2. The first-order valence-corrected chi connectivity index (χ1v) is 10.2. The van der Waals surface area contributed by atoms with E-state index < -0.39 is 6.10 Å². The Labute approximate surface area is 188 Å². The lowest BCUT2D eigenvalue weighted by molar-refractivity contribution is -0.122. The van der Waals surface area contributed by atoms with Crippen LogP contribution >= 0.6 is 23.2 Å². The molecule has 8 heteroatoms. The quantitative estimate of drug-likeness (QED) is 0.372. The second-order valence-corrected chi connectivity index (χ2v) is 7.60. The third-order valence-electron chi connectivity index (χ3n) is 4.54. The van der Waals surface area contributed by atoms with Crippen LogP contribution in [0, 0.1) is 0 Å². The van der Waals surface area contributed by atoms with Gasteiger partial charge in [-0.1, -0.05) is 29.3 Å². The Kier molecular flexibility index (Phi) is 6.02. The molecule has 1 aromatic heterocycles. The number of carbonyl (C=O) groups is 1. The van der Waals surface area contributed by atoms with Gasteiger partial charge in [-0.15, -0.1) is 0 Å². The standard InChI is InChI=1S/C23H18Cl2N2O4/c1-13(30-20-8-6-15(24)11-18(20)25)22(28)26-16-7-9-21-19(12-16)27-23(31-21)14-4-3-5-17(10-14)29-2/h3-13H,1-2H3,(H,26,28). The topological polar surface area (TPSA) is 73.6 Å². The molecule has 1 N–H and O–H groups in total. The smallest absolute Gasteiger partial charge is 0.265 e. The summed E-state index contributed by atoms with van der Waals surface area (Å²) in [5.74, 6) is 1.22. The van der Waals surface area contributed by atoms with Crippen molar-refractivity contribution in [2.45, 2.75) is 13.0 Å². The maximum Gasteiger partial charge on any atom is 0.265 e. The van der Waals surface area contributed by atoms with E-state index in [4.69, 9.17) is 37.1 Å². The van der Waals surface area contributed by atoms with Crippen molar-refractivity contribution in [3.63, 3.8) is 0 Å². The summed E-state index contributed by atoms with van der Waals surface area (Å²) in [6, 6.07) is 17.5. The first-order chi connectivity index (χ1) is 14.9. The molecular formula is C23H18Cl2N2O4. The van der Waals surface area contributed by atoms with Gasteiger partial charge in [-0.05, 0) is 61.5 Å². The van der Waals surface area contributed by atoms with Gasteiger partial charge in [0.05, 0.1) is 12.1 Å². The number of hydrogen-bond donors (Lipinski definition) is 1. The summed E-state index contributed by atoms with van der Waals surface area (Å²) in [6.07, 6.45) is -0.779. The van der Waals surface area contributed by atoms with Crippen molar-refractivity contribution in [3.05, 3.63) is 70.7 Å². The molecule has 0 spiro atoms. The molecule has 0 saturated carbocycles. The number of aromatic nitrogens is 1. The summed E-state index contributed by atoms with van der Waals surface area (Å²) >= 11 is 12.0. The van der Waals surface area contributed by atoms with Crippen molar-refractivity contribution in [3.8, 4) is 23.0 Å². The van der Waals surface area contributed by atoms with Gasteiger partial charge >= 0.3 is 0 Å². The average molecular weight is 457 g/mol. The molecule has 1 heterocycles. The van der Waals surface area contributed by atoms with Gasteiger partial charge in [-0.3, -0.25) is 4.79 Å². The van der Waals surface area contributed by atoms with Crippen LogP contribution in [0.5, 0.6) is 11.5 Å². The van der Waals surface area contributed by atoms with Gasteiger partial charge in [0.2, 0.25) is 5.89 Å². The number of anilines is 1. The van der Waals surface area contributed by atoms with Crippen LogP contribution in [0.15, 0.2) is 65.1 Å². The highest BCUT2D eigenvalue weighted by Crippen LogP contribution is 2.30. The van der Waals surface area contributed by atoms with Crippen molar-refractivity contribution in [1.29, 1.82) is 0 Å². The van der Waals surface area contributed by atoms with Crippen LogP contribution in [0.1, 0.15) is 6.92 Å². The van der Waals surface area contributed by atoms with E-state index in [1.54, 1.807) is 50.4 Å². The largest absolute Gasteiger partial charge is 0.497 e. The van der Waals surface area contributed by atoms with Crippen molar-refractivity contribution in [2.24, 2.45) is 0 Å². The van der Waals surface area contributed by atoms with Gasteiger partial charge in [0.15, 0.2) is 11.7 Å². The fourth-order valence-corrected chi connectivity index (χ4v) is 3.40. The third kappa shape index (κ3) is 4.76. The Bertz CT molecular complexity index is 1260. The van der Waals surface area contributed by atoms with E-state index in [1.807, 2.05) is 24.3 Å². The van der Waals surface area contributed by atoms with Crippen molar-refractivity contribution in [1.82, 2.24) is 4.98 Å². The Hall–Kier alpha value is -3.22. The number of halogens is 2. The van der Waals surface area contributed by atoms with Crippen molar-refractivity contribution in [2.75, 3.05) is 12.4 Å². The number of oxazole rings is 1. The van der Waals surface area contributed by atoms with Crippen LogP contribution in [0.4, 0.5) is 5.69 Å². The van der Waals surface area contributed by atoms with E-state index in [0.29, 0.717) is 44.2 Å². The SMILES string of the molecule is COc1cccc(-c2nc3cc(NC(=O)C(C)Oc4ccc(Cl)cc4Cl)ccc3o2)c1. The van der Waals surface area contributed by atoms with Crippen LogP contribution in [0.25, 0.3) is 22.6 Å². The first-order valence-electron chi connectivity index (χ1n) is 9.40. The summed E-state index contributed by atoms with van der Waals surface area (Å²) in [5.41, 5.74) is 2.58. The molecule has 0 aliphatic heterocycles. The maximum atomic E-state index is 12.6. The van der Waals surface area contributed by atoms with Gasteiger partial charge in [0, 0.05) is 16.3 Å². The van der Waals surface area contributed by atoms with E-state index in [9.17, 15) is 4.79 Å². The minimum Gasteiger partial charge on any atom is -0.497 e. The fourth-order valence-electron chi connectivity index (χ4n) is 2.94. The van der Waals surface area contributed by atoms with E-state index >= 15 is 0 Å². The first kappa shape index (κ1) is 21.0. The highest BCUT2D eigenvalue weighted by molar-refractivity contribution is 6.35. The van der Waals surface area contributed by atoms with E-state index in [2.05, 4.69) is 10.3 Å². The van der Waals surface area contributed by atoms with Crippen LogP contribution < -0.4 is 14.8 Å². The molecule has 0 aliphatic carbocycles. The Morgan fingerprint density at radius 3 is 2.71 bits per heavy atom. The molecule has 4 rings (SSSR count). The second-order valence-electron chi connectivity index (χ2n) is 6.76. The third-order valence-corrected chi connectivity index (χ3v) is 5.07. The molecule has 0 saturated heterocycles.